The van der Waals surface area contributed by atoms with Gasteiger partial charge >= 0.3 is 0 Å². The molecule has 0 atom stereocenters. The molecule has 0 aromatic heterocycles. The molecule has 1 aliphatic rings. The van der Waals surface area contributed by atoms with E-state index in [1.165, 1.54) is 0 Å². The summed E-state index contributed by atoms with van der Waals surface area (Å²) in [6, 6.07) is 7.94. The molecule has 0 N–H and O–H groups in total. The second-order valence-corrected chi connectivity index (χ2v) is 3.70. The maximum atomic E-state index is 11.1. The van der Waals surface area contributed by atoms with Crippen molar-refractivity contribution in [1.29, 1.82) is 0 Å². The van der Waals surface area contributed by atoms with Gasteiger partial charge in [0.1, 0.15) is 11.5 Å². The number of carbonyl (C=O) groups excluding carboxylic acids is 1. The Kier molecular flexibility index (Phi) is 5.27. The van der Waals surface area contributed by atoms with Crippen LogP contribution in [0.5, 0.6) is 5.75 Å². The van der Waals surface area contributed by atoms with E-state index < -0.39 is 0 Å². The zero-order chi connectivity index (χ0) is 12.7. The summed E-state index contributed by atoms with van der Waals surface area (Å²) in [5, 5.41) is 0. The molecule has 1 saturated heterocycles. The van der Waals surface area contributed by atoms with Crippen molar-refractivity contribution in [2.45, 2.75) is 12.8 Å². The molecule has 3 nitrogen and oxygen atoms in total. The van der Waals surface area contributed by atoms with Crippen molar-refractivity contribution in [3.8, 4) is 5.75 Å². The first kappa shape index (κ1) is 13.3. The highest BCUT2D eigenvalue weighted by Gasteiger charge is 2.18. The van der Waals surface area contributed by atoms with E-state index in [0.717, 1.165) is 24.5 Å². The van der Waals surface area contributed by atoms with Gasteiger partial charge in [0.05, 0.1) is 12.8 Å². The predicted octanol–water partition coefficient (Wildman–Crippen LogP) is 2.67. The van der Waals surface area contributed by atoms with Gasteiger partial charge in [0.2, 0.25) is 0 Å². The number of hydrogen-bond donors (Lipinski definition) is 0. The van der Waals surface area contributed by atoms with E-state index in [9.17, 15) is 4.79 Å². The Balaban J connectivity index is 0.000000686. The summed E-state index contributed by atoms with van der Waals surface area (Å²) in [6.07, 6.45) is 1.30. The molecule has 0 radical (unpaired) electrons. The van der Waals surface area contributed by atoms with Gasteiger partial charge in [-0.05, 0) is 12.1 Å². The van der Waals surface area contributed by atoms with Crippen LogP contribution in [0.2, 0.25) is 0 Å². The minimum absolute atomic E-state index is 0.362. The number of piperidine rings is 1. The monoisotopic (exact) mass is 233 g/mol. The van der Waals surface area contributed by atoms with Crippen LogP contribution in [0.25, 0.3) is 0 Å². The molecular formula is C14H19NO2. The van der Waals surface area contributed by atoms with E-state index in [1.807, 2.05) is 24.3 Å². The second-order valence-electron chi connectivity index (χ2n) is 3.70. The molecule has 92 valence electrons. The summed E-state index contributed by atoms with van der Waals surface area (Å²) in [5.41, 5.74) is 1.09. The Morgan fingerprint density at radius 1 is 1.18 bits per heavy atom. The predicted molar refractivity (Wildman–Crippen MR) is 70.7 cm³/mol. The lowest BCUT2D eigenvalue weighted by Gasteiger charge is -2.29. The molecule has 3 heteroatoms. The molecule has 0 unspecified atom stereocenters. The number of hydrogen-bond acceptors (Lipinski definition) is 3. The minimum atomic E-state index is 0.362. The molecule has 0 aliphatic carbocycles. The molecule has 0 saturated carbocycles. The first-order chi connectivity index (χ1) is 8.31. The zero-order valence-corrected chi connectivity index (χ0v) is 10.3. The molecule has 0 spiro atoms. The summed E-state index contributed by atoms with van der Waals surface area (Å²) >= 11 is 0. The van der Waals surface area contributed by atoms with Gasteiger partial charge in [0.15, 0.2) is 0 Å². The first-order valence-corrected chi connectivity index (χ1v) is 5.71. The maximum absolute atomic E-state index is 11.1. The van der Waals surface area contributed by atoms with E-state index in [-0.39, 0.29) is 0 Å². The van der Waals surface area contributed by atoms with E-state index in [2.05, 4.69) is 18.1 Å². The fourth-order valence-electron chi connectivity index (χ4n) is 1.89. The van der Waals surface area contributed by atoms with Crippen molar-refractivity contribution in [3.05, 3.63) is 37.4 Å². The summed E-state index contributed by atoms with van der Waals surface area (Å²) in [5.74, 6) is 1.24. The highest BCUT2D eigenvalue weighted by atomic mass is 16.5. The molecule has 1 aromatic carbocycles. The van der Waals surface area contributed by atoms with E-state index in [1.54, 1.807) is 7.11 Å². The SMILES string of the molecule is C=C.COc1ccccc1N1CCC(=O)CC1. The lowest BCUT2D eigenvalue weighted by atomic mass is 10.1. The molecular weight excluding hydrogens is 214 g/mol. The number of benzene rings is 1. The Bertz CT molecular complexity index is 366. The Labute approximate surface area is 103 Å². The van der Waals surface area contributed by atoms with E-state index in [4.69, 9.17) is 4.74 Å². The van der Waals surface area contributed by atoms with Crippen LogP contribution in [0, 0.1) is 0 Å². The largest absolute Gasteiger partial charge is 0.495 e. The third kappa shape index (κ3) is 3.34. The average molecular weight is 233 g/mol. The van der Waals surface area contributed by atoms with Gasteiger partial charge in [-0.3, -0.25) is 4.79 Å². The Morgan fingerprint density at radius 3 is 2.35 bits per heavy atom. The van der Waals surface area contributed by atoms with Gasteiger partial charge in [-0.1, -0.05) is 12.1 Å². The van der Waals surface area contributed by atoms with E-state index >= 15 is 0 Å². The number of Topliss-reactive ketones (excluding diaryl/α,β-unsaturated/α-hetero) is 1. The van der Waals surface area contributed by atoms with Crippen LogP contribution in [0.15, 0.2) is 37.4 Å². The van der Waals surface area contributed by atoms with Gasteiger partial charge < -0.3 is 9.64 Å². The highest BCUT2D eigenvalue weighted by Crippen LogP contribution is 2.29. The lowest BCUT2D eigenvalue weighted by molar-refractivity contribution is -0.119. The van der Waals surface area contributed by atoms with Crippen LogP contribution in [-0.2, 0) is 4.79 Å². The van der Waals surface area contributed by atoms with Crippen molar-refractivity contribution in [2.24, 2.45) is 0 Å². The van der Waals surface area contributed by atoms with Gasteiger partial charge in [-0.2, -0.15) is 0 Å². The van der Waals surface area contributed by atoms with E-state index in [0.29, 0.717) is 18.6 Å². The lowest BCUT2D eigenvalue weighted by Crippen LogP contribution is -2.33. The summed E-state index contributed by atoms with van der Waals surface area (Å²) < 4.78 is 5.30. The zero-order valence-electron chi connectivity index (χ0n) is 10.3. The standard InChI is InChI=1S/C12H15NO2.C2H4/c1-15-12-5-3-2-4-11(12)13-8-6-10(14)7-9-13;1-2/h2-5H,6-9H2,1H3;1-2H2. The van der Waals surface area contributed by atoms with Crippen LogP contribution in [-0.4, -0.2) is 26.0 Å². The van der Waals surface area contributed by atoms with Crippen molar-refractivity contribution in [2.75, 3.05) is 25.1 Å². The Hall–Kier alpha value is -1.77. The minimum Gasteiger partial charge on any atom is -0.495 e. The molecule has 1 aromatic rings. The average Bonchev–Trinajstić information content (AvgIpc) is 2.42. The molecule has 2 rings (SSSR count). The van der Waals surface area contributed by atoms with Crippen molar-refractivity contribution in [1.82, 2.24) is 0 Å². The number of anilines is 1. The number of methoxy groups -OCH3 is 1. The normalized spacial score (nSPS) is 14.9. The molecule has 1 fully saturated rings. The number of nitrogens with zero attached hydrogens (tertiary/aromatic N) is 1. The third-order valence-electron chi connectivity index (χ3n) is 2.75. The van der Waals surface area contributed by atoms with Gasteiger partial charge in [-0.15, -0.1) is 13.2 Å². The maximum Gasteiger partial charge on any atom is 0.142 e. The summed E-state index contributed by atoms with van der Waals surface area (Å²) in [6.45, 7) is 7.61. The van der Waals surface area contributed by atoms with Crippen molar-refractivity contribution < 1.29 is 9.53 Å². The topological polar surface area (TPSA) is 29.5 Å². The van der Waals surface area contributed by atoms with Crippen molar-refractivity contribution in [3.63, 3.8) is 0 Å². The molecule has 17 heavy (non-hydrogen) atoms. The third-order valence-corrected chi connectivity index (χ3v) is 2.75. The van der Waals surface area contributed by atoms with Gasteiger partial charge in [0.25, 0.3) is 0 Å². The summed E-state index contributed by atoms with van der Waals surface area (Å²) in [4.78, 5) is 13.3. The molecule has 1 aliphatic heterocycles. The number of para-hydroxylation sites is 2. The van der Waals surface area contributed by atoms with Crippen LogP contribution >= 0.6 is 0 Å². The fourth-order valence-corrected chi connectivity index (χ4v) is 1.89. The summed E-state index contributed by atoms with van der Waals surface area (Å²) in [7, 11) is 1.67. The number of ether oxygens (including phenoxy) is 1. The first-order valence-electron chi connectivity index (χ1n) is 5.71. The number of ketones is 1. The van der Waals surface area contributed by atoms with Crippen LogP contribution in [0.4, 0.5) is 5.69 Å². The molecule has 0 bridgehead atoms. The number of rotatable bonds is 2. The fraction of sp³-hybridized carbons (Fsp3) is 0.357. The number of carbonyl (C=O) groups is 1. The molecule has 1 heterocycles. The second kappa shape index (κ2) is 6.74. The van der Waals surface area contributed by atoms with Crippen LogP contribution < -0.4 is 9.64 Å². The van der Waals surface area contributed by atoms with Crippen LogP contribution in [0.1, 0.15) is 12.8 Å². The highest BCUT2D eigenvalue weighted by molar-refractivity contribution is 5.81. The Morgan fingerprint density at radius 2 is 1.76 bits per heavy atom. The smallest absolute Gasteiger partial charge is 0.142 e. The van der Waals surface area contributed by atoms with Crippen LogP contribution in [0.3, 0.4) is 0 Å². The van der Waals surface area contributed by atoms with Gasteiger partial charge in [-0.25, -0.2) is 0 Å². The quantitative estimate of drug-likeness (QED) is 0.735. The van der Waals surface area contributed by atoms with Gasteiger partial charge in [0, 0.05) is 25.9 Å². The van der Waals surface area contributed by atoms with Crippen molar-refractivity contribution >= 4 is 11.5 Å². The molecule has 0 amide bonds.